The zero-order valence-electron chi connectivity index (χ0n) is 37.9. The van der Waals surface area contributed by atoms with Crippen LogP contribution >= 0.6 is 0 Å². The highest BCUT2D eigenvalue weighted by molar-refractivity contribution is 5.98. The topological polar surface area (TPSA) is 378 Å². The first kappa shape index (κ1) is 54.2. The summed E-state index contributed by atoms with van der Waals surface area (Å²) < 4.78 is 0. The van der Waals surface area contributed by atoms with Crippen LogP contribution < -0.4 is 43.0 Å². The molecule has 23 heteroatoms. The minimum atomic E-state index is -1.73. The second-order valence-corrected chi connectivity index (χ2v) is 16.7. The third-order valence-corrected chi connectivity index (χ3v) is 11.4. The molecule has 0 bridgehead atoms. The van der Waals surface area contributed by atoms with Crippen LogP contribution in [0.3, 0.4) is 0 Å². The van der Waals surface area contributed by atoms with Crippen LogP contribution in [0.1, 0.15) is 81.8 Å². The molecule has 14 N–H and O–H groups in total. The van der Waals surface area contributed by atoms with Crippen molar-refractivity contribution < 1.29 is 68.4 Å². The number of nitrogens with one attached hydrogen (secondary N) is 8. The summed E-state index contributed by atoms with van der Waals surface area (Å²) in [5.74, 6) is -11.0. The van der Waals surface area contributed by atoms with Crippen LogP contribution in [0.25, 0.3) is 10.9 Å². The fraction of sp³-hybridized carbons (Fsp3) is 0.478. The third-order valence-electron chi connectivity index (χ3n) is 11.4. The van der Waals surface area contributed by atoms with Gasteiger partial charge in [-0.05, 0) is 81.6 Å². The molecule has 2 aromatic carbocycles. The molecule has 1 aromatic heterocycles. The zero-order valence-corrected chi connectivity index (χ0v) is 37.9. The number of carbonyl (C=O) groups is 10. The first-order valence-corrected chi connectivity index (χ1v) is 22.7. The summed E-state index contributed by atoms with van der Waals surface area (Å²) in [4.78, 5) is 134. The van der Waals surface area contributed by atoms with E-state index in [-0.39, 0.29) is 32.2 Å². The summed E-state index contributed by atoms with van der Waals surface area (Å²) in [6.45, 7) is 0.838. The van der Waals surface area contributed by atoms with Crippen LogP contribution in [0.5, 0.6) is 0 Å². The van der Waals surface area contributed by atoms with Crippen molar-refractivity contribution in [3.63, 3.8) is 0 Å². The predicted molar refractivity (Wildman–Crippen MR) is 246 cm³/mol. The summed E-state index contributed by atoms with van der Waals surface area (Å²) >= 11 is 0. The summed E-state index contributed by atoms with van der Waals surface area (Å²) in [6, 6.07) is 5.48. The number of hydrogen-bond acceptors (Lipinski definition) is 12. The molecule has 4 rings (SSSR count). The Morgan fingerprint density at radius 2 is 1.04 bits per heavy atom. The Kier molecular flexibility index (Phi) is 21.5. The van der Waals surface area contributed by atoms with Gasteiger partial charge < -0.3 is 68.4 Å². The third kappa shape index (κ3) is 18.0. The number of fused-ring (bicyclic) bond motifs is 1. The number of rotatable bonds is 30. The second kappa shape index (κ2) is 27.4. The van der Waals surface area contributed by atoms with Gasteiger partial charge in [-0.15, -0.1) is 0 Å². The Labute approximate surface area is 396 Å². The number of hydrogen-bond donors (Lipinski definition) is 13. The van der Waals surface area contributed by atoms with Crippen LogP contribution in [0.15, 0.2) is 60.8 Å². The maximum atomic E-state index is 14.2. The summed E-state index contributed by atoms with van der Waals surface area (Å²) in [6.07, 6.45) is -0.146. The van der Waals surface area contributed by atoms with Gasteiger partial charge in [0.25, 0.3) is 0 Å². The lowest BCUT2D eigenvalue weighted by atomic mass is 10.0. The van der Waals surface area contributed by atoms with E-state index in [0.717, 1.165) is 0 Å². The van der Waals surface area contributed by atoms with Gasteiger partial charge in [0.05, 0.1) is 6.04 Å². The largest absolute Gasteiger partial charge is 0.481 e. The van der Waals surface area contributed by atoms with Crippen LogP contribution in [0, 0.1) is 0 Å². The second-order valence-electron chi connectivity index (χ2n) is 16.7. The molecule has 0 radical (unpaired) electrons. The van der Waals surface area contributed by atoms with Crippen molar-refractivity contribution >= 4 is 70.2 Å². The Morgan fingerprint density at radius 3 is 1.55 bits per heavy atom. The average Bonchev–Trinajstić information content (AvgIpc) is 4.01. The highest BCUT2D eigenvalue weighted by atomic mass is 16.4. The van der Waals surface area contributed by atoms with Crippen molar-refractivity contribution in [2.45, 2.75) is 126 Å². The number of amides is 6. The number of aromatic nitrogens is 1. The highest BCUT2D eigenvalue weighted by Crippen LogP contribution is 2.20. The molecule has 69 heavy (non-hydrogen) atoms. The standard InChI is InChI=1S/C46H61N9O14/c47-21-7-6-13-34(46(68)69)53-45(67)36(24-27-25-49-29-12-5-4-11-28(27)29)55-43(65)33(17-20-39(60)61)51-41(63)31(15-18-37(56)57)52-44(66)35(23-26-9-2-1-3-10-26)54-42(64)32(16-19-38(58)59)50-40(62)30-14-8-22-48-30/h1-5,9-12,25,30-36,48-49H,6-8,13-24,47H2,(H,50,62)(H,51,63)(H,52,66)(H,53,67)(H,54,64)(H,55,65)(H,56,57)(H,58,59)(H,60,61)(H,68,69). The molecule has 1 saturated heterocycles. The van der Waals surface area contributed by atoms with Gasteiger partial charge in [0.1, 0.15) is 36.3 Å². The number of benzene rings is 2. The minimum Gasteiger partial charge on any atom is -0.481 e. The molecule has 1 aliphatic rings. The van der Waals surface area contributed by atoms with E-state index in [1.165, 1.54) is 0 Å². The summed E-state index contributed by atoms with van der Waals surface area (Å²) in [5, 5.41) is 57.1. The number of carboxylic acid groups (broad SMARTS) is 4. The number of aromatic amines is 1. The number of carboxylic acids is 4. The Hall–Kier alpha value is -7.40. The molecule has 2 heterocycles. The van der Waals surface area contributed by atoms with Gasteiger partial charge in [0, 0.05) is 49.2 Å². The van der Waals surface area contributed by atoms with E-state index in [2.05, 4.69) is 42.2 Å². The van der Waals surface area contributed by atoms with Gasteiger partial charge in [0.2, 0.25) is 35.4 Å². The Bertz CT molecular complexity index is 2280. The highest BCUT2D eigenvalue weighted by Gasteiger charge is 2.35. The fourth-order valence-corrected chi connectivity index (χ4v) is 7.69. The van der Waals surface area contributed by atoms with Crippen molar-refractivity contribution in [2.75, 3.05) is 13.1 Å². The van der Waals surface area contributed by atoms with E-state index < -0.39 is 134 Å². The molecular weight excluding hydrogens is 903 g/mol. The first-order chi connectivity index (χ1) is 32.9. The van der Waals surface area contributed by atoms with E-state index in [1.807, 2.05) is 0 Å². The molecule has 7 atom stereocenters. The molecule has 0 aliphatic carbocycles. The maximum Gasteiger partial charge on any atom is 0.326 e. The van der Waals surface area contributed by atoms with E-state index in [0.29, 0.717) is 54.3 Å². The van der Waals surface area contributed by atoms with Gasteiger partial charge in [-0.25, -0.2) is 4.79 Å². The lowest BCUT2D eigenvalue weighted by Crippen LogP contribution is -2.60. The van der Waals surface area contributed by atoms with Gasteiger partial charge in [-0.2, -0.15) is 0 Å². The van der Waals surface area contributed by atoms with Crippen molar-refractivity contribution in [2.24, 2.45) is 5.73 Å². The Morgan fingerprint density at radius 1 is 0.565 bits per heavy atom. The molecule has 0 saturated carbocycles. The van der Waals surface area contributed by atoms with Crippen molar-refractivity contribution in [1.82, 2.24) is 42.2 Å². The lowest BCUT2D eigenvalue weighted by Gasteiger charge is -2.27. The van der Waals surface area contributed by atoms with Gasteiger partial charge in [0.15, 0.2) is 0 Å². The molecule has 374 valence electrons. The van der Waals surface area contributed by atoms with Crippen molar-refractivity contribution in [3.8, 4) is 0 Å². The molecule has 6 amide bonds. The van der Waals surface area contributed by atoms with Crippen LogP contribution in [0.2, 0.25) is 0 Å². The number of para-hydroxylation sites is 1. The van der Waals surface area contributed by atoms with Gasteiger partial charge >= 0.3 is 23.9 Å². The quantitative estimate of drug-likeness (QED) is 0.0372. The molecule has 1 fully saturated rings. The smallest absolute Gasteiger partial charge is 0.326 e. The van der Waals surface area contributed by atoms with Crippen LogP contribution in [-0.4, -0.2) is 140 Å². The number of aliphatic carboxylic acids is 4. The predicted octanol–water partition coefficient (Wildman–Crippen LogP) is -0.578. The molecule has 23 nitrogen and oxygen atoms in total. The zero-order chi connectivity index (χ0) is 50.5. The monoisotopic (exact) mass is 963 g/mol. The first-order valence-electron chi connectivity index (χ1n) is 22.7. The molecule has 7 unspecified atom stereocenters. The SMILES string of the molecule is NCCCCC(NC(=O)C(Cc1c[nH]c2ccccc12)NC(=O)C(CCC(=O)O)NC(=O)C(CCC(=O)O)NC(=O)C(Cc1ccccc1)NC(=O)C(CCC(=O)O)NC(=O)C1CCCN1)C(=O)O. The van der Waals surface area contributed by atoms with E-state index in [1.54, 1.807) is 60.8 Å². The van der Waals surface area contributed by atoms with Crippen molar-refractivity contribution in [3.05, 3.63) is 71.9 Å². The lowest BCUT2D eigenvalue weighted by molar-refractivity contribution is -0.142. The van der Waals surface area contributed by atoms with Crippen LogP contribution in [-0.2, 0) is 60.8 Å². The fourth-order valence-electron chi connectivity index (χ4n) is 7.69. The molecule has 3 aromatic rings. The normalized spacial score (nSPS) is 15.8. The van der Waals surface area contributed by atoms with E-state index in [4.69, 9.17) is 5.73 Å². The Balaban J connectivity index is 1.61. The minimum absolute atomic E-state index is 0.0165. The summed E-state index contributed by atoms with van der Waals surface area (Å²) in [7, 11) is 0. The summed E-state index contributed by atoms with van der Waals surface area (Å²) in [5.41, 5.74) is 7.32. The maximum absolute atomic E-state index is 14.2. The average molecular weight is 964 g/mol. The molecule has 1 aliphatic heterocycles. The molecule has 0 spiro atoms. The number of carbonyl (C=O) groups excluding carboxylic acids is 6. The van der Waals surface area contributed by atoms with E-state index in [9.17, 15) is 68.4 Å². The van der Waals surface area contributed by atoms with E-state index >= 15 is 0 Å². The number of unbranched alkanes of at least 4 members (excludes halogenated alkanes) is 1. The number of nitrogens with two attached hydrogens (primary N) is 1. The van der Waals surface area contributed by atoms with Gasteiger partial charge in [-0.1, -0.05) is 48.5 Å². The van der Waals surface area contributed by atoms with Crippen LogP contribution in [0.4, 0.5) is 0 Å². The number of H-pyrrole nitrogens is 1. The van der Waals surface area contributed by atoms with Crippen molar-refractivity contribution in [1.29, 1.82) is 0 Å². The molecular formula is C46H61N9O14. The van der Waals surface area contributed by atoms with Gasteiger partial charge in [-0.3, -0.25) is 43.2 Å².